The zero-order chi connectivity index (χ0) is 28.6. The third kappa shape index (κ3) is 7.12. The quantitative estimate of drug-likeness (QED) is 0.138. The average Bonchev–Trinajstić information content (AvgIpc) is 3.06. The fraction of sp³-hybridized carbons (Fsp3) is 0.128. The van der Waals surface area contributed by atoms with Gasteiger partial charge in [0.1, 0.15) is 0 Å². The number of halogens is 1. The SMILES string of the molecule is Fc1ccc(C2=CC(C([Se]c3ccccc3)=C(c3ccccc3)c3ccccc3)C(C[Se]c3ccccc3)CC2)cc1. The van der Waals surface area contributed by atoms with Gasteiger partial charge < -0.3 is 0 Å². The van der Waals surface area contributed by atoms with E-state index in [9.17, 15) is 4.39 Å². The van der Waals surface area contributed by atoms with Crippen LogP contribution in [0.2, 0.25) is 5.32 Å². The van der Waals surface area contributed by atoms with Crippen LogP contribution in [0.4, 0.5) is 4.39 Å². The Labute approximate surface area is 261 Å². The molecule has 0 radical (unpaired) electrons. The molecule has 0 N–H and O–H groups in total. The molecular weight excluding hydrogens is 645 g/mol. The number of hydrogen-bond acceptors (Lipinski definition) is 0. The average molecular weight is 679 g/mol. The second-order valence-electron chi connectivity index (χ2n) is 10.5. The molecule has 0 fully saturated rings. The summed E-state index contributed by atoms with van der Waals surface area (Å²) in [5, 5.41) is 1.19. The van der Waals surface area contributed by atoms with Crippen molar-refractivity contribution in [3.05, 3.63) is 179 Å². The van der Waals surface area contributed by atoms with Gasteiger partial charge in [0.05, 0.1) is 0 Å². The first kappa shape index (κ1) is 28.7. The van der Waals surface area contributed by atoms with Gasteiger partial charge in [0, 0.05) is 0 Å². The van der Waals surface area contributed by atoms with Crippen molar-refractivity contribution in [2.75, 3.05) is 0 Å². The molecule has 1 aliphatic carbocycles. The van der Waals surface area contributed by atoms with Crippen LogP contribution in [0.1, 0.15) is 29.5 Å². The maximum absolute atomic E-state index is 13.9. The Morgan fingerprint density at radius 3 is 1.71 bits per heavy atom. The molecule has 0 saturated heterocycles. The standard InChI is InChI=1S/C39H33FSe2/c40-34-25-23-29(24-26-34)32-21-22-33(28-41-35-17-9-3-10-18-35)37(27-32)39(42-36-19-11-4-12-20-36)38(30-13-5-1-6-14-30)31-15-7-2-8-16-31/h1-20,23-27,33,37H,21-22,28H2. The van der Waals surface area contributed by atoms with E-state index in [-0.39, 0.29) is 20.8 Å². The van der Waals surface area contributed by atoms with Gasteiger partial charge in [0.2, 0.25) is 0 Å². The summed E-state index contributed by atoms with van der Waals surface area (Å²) < 4.78 is 18.3. The van der Waals surface area contributed by atoms with Crippen LogP contribution >= 0.6 is 0 Å². The van der Waals surface area contributed by atoms with Crippen molar-refractivity contribution in [2.45, 2.75) is 18.2 Å². The molecule has 2 unspecified atom stereocenters. The third-order valence-electron chi connectivity index (χ3n) is 7.74. The summed E-state index contributed by atoms with van der Waals surface area (Å²) in [4.78, 5) is 0. The molecule has 0 spiro atoms. The Bertz CT molecular complexity index is 1590. The van der Waals surface area contributed by atoms with Crippen molar-refractivity contribution >= 4 is 50.0 Å². The van der Waals surface area contributed by atoms with Gasteiger partial charge in [-0.2, -0.15) is 0 Å². The molecule has 0 amide bonds. The summed E-state index contributed by atoms with van der Waals surface area (Å²) in [6, 6.07) is 51.0. The predicted molar refractivity (Wildman–Crippen MR) is 178 cm³/mol. The summed E-state index contributed by atoms with van der Waals surface area (Å²) >= 11 is 0.516. The molecule has 3 heteroatoms. The second kappa shape index (κ2) is 14.1. The topological polar surface area (TPSA) is 0 Å². The normalized spacial score (nSPS) is 16.5. The van der Waals surface area contributed by atoms with Crippen LogP contribution < -0.4 is 8.92 Å². The predicted octanol–water partition coefficient (Wildman–Crippen LogP) is 8.17. The van der Waals surface area contributed by atoms with Crippen molar-refractivity contribution in [1.82, 2.24) is 0 Å². The van der Waals surface area contributed by atoms with Crippen LogP contribution in [0.25, 0.3) is 11.1 Å². The van der Waals surface area contributed by atoms with E-state index in [2.05, 4.69) is 127 Å². The summed E-state index contributed by atoms with van der Waals surface area (Å²) in [5.74, 6) is 0.649. The summed E-state index contributed by atoms with van der Waals surface area (Å²) in [5.41, 5.74) is 6.38. The van der Waals surface area contributed by atoms with Crippen molar-refractivity contribution in [1.29, 1.82) is 0 Å². The Morgan fingerprint density at radius 1 is 0.619 bits per heavy atom. The van der Waals surface area contributed by atoms with Gasteiger partial charge in [0.25, 0.3) is 0 Å². The minimum atomic E-state index is -0.182. The number of benzene rings is 5. The molecule has 2 atom stereocenters. The second-order valence-corrected chi connectivity index (χ2v) is 15.2. The molecule has 42 heavy (non-hydrogen) atoms. The van der Waals surface area contributed by atoms with Gasteiger partial charge in [-0.05, 0) is 0 Å². The monoisotopic (exact) mass is 680 g/mol. The van der Waals surface area contributed by atoms with E-state index in [1.165, 1.54) is 41.0 Å². The fourth-order valence-corrected chi connectivity index (χ4v) is 10.7. The molecule has 208 valence electrons. The van der Waals surface area contributed by atoms with E-state index < -0.39 is 0 Å². The maximum atomic E-state index is 13.9. The van der Waals surface area contributed by atoms with Gasteiger partial charge in [-0.15, -0.1) is 0 Å². The molecule has 5 aromatic rings. The van der Waals surface area contributed by atoms with Crippen molar-refractivity contribution < 1.29 is 4.39 Å². The summed E-state index contributed by atoms with van der Waals surface area (Å²) in [7, 11) is 0. The Balaban J connectivity index is 1.53. The van der Waals surface area contributed by atoms with Crippen LogP contribution in [0, 0.1) is 17.7 Å². The van der Waals surface area contributed by atoms with E-state index >= 15 is 0 Å². The van der Waals surface area contributed by atoms with Crippen molar-refractivity contribution in [3.8, 4) is 0 Å². The number of hydrogen-bond donors (Lipinski definition) is 0. The Hall–Kier alpha value is -3.45. The third-order valence-corrected chi connectivity index (χ3v) is 12.8. The zero-order valence-electron chi connectivity index (χ0n) is 23.4. The molecule has 1 aliphatic rings. The Morgan fingerprint density at radius 2 is 1.14 bits per heavy atom. The molecular formula is C39H33FSe2. The first-order valence-corrected chi connectivity index (χ1v) is 18.2. The number of allylic oxidation sites excluding steroid dienone is 3. The van der Waals surface area contributed by atoms with Gasteiger partial charge >= 0.3 is 263 Å². The van der Waals surface area contributed by atoms with Gasteiger partial charge in [-0.3, -0.25) is 0 Å². The van der Waals surface area contributed by atoms with Crippen LogP contribution in [0.5, 0.6) is 0 Å². The fourth-order valence-electron chi connectivity index (χ4n) is 5.62. The molecule has 0 heterocycles. The molecule has 0 nitrogen and oxygen atoms in total. The van der Waals surface area contributed by atoms with Gasteiger partial charge in [-0.1, -0.05) is 0 Å². The van der Waals surface area contributed by atoms with Crippen LogP contribution in [0.3, 0.4) is 0 Å². The zero-order valence-corrected chi connectivity index (χ0v) is 26.8. The van der Waals surface area contributed by atoms with E-state index in [1.807, 2.05) is 12.1 Å². The Kier molecular flexibility index (Phi) is 9.65. The van der Waals surface area contributed by atoms with Gasteiger partial charge in [-0.25, -0.2) is 0 Å². The van der Waals surface area contributed by atoms with Crippen LogP contribution in [0.15, 0.2) is 156 Å². The summed E-state index contributed by atoms with van der Waals surface area (Å²) in [6.45, 7) is 0. The van der Waals surface area contributed by atoms with E-state index in [1.54, 1.807) is 12.1 Å². The molecule has 0 aliphatic heterocycles. The summed E-state index contributed by atoms with van der Waals surface area (Å²) in [6.07, 6.45) is 4.71. The first-order valence-electron chi connectivity index (χ1n) is 14.5. The van der Waals surface area contributed by atoms with Crippen LogP contribution in [-0.4, -0.2) is 29.9 Å². The molecule has 6 rings (SSSR count). The minimum absolute atomic E-state index is 0.118. The first-order chi connectivity index (χ1) is 20.7. The van der Waals surface area contributed by atoms with Crippen LogP contribution in [-0.2, 0) is 0 Å². The molecule has 0 bridgehead atoms. The molecule has 0 saturated carbocycles. The van der Waals surface area contributed by atoms with E-state index in [0.717, 1.165) is 18.4 Å². The molecule has 5 aromatic carbocycles. The molecule has 0 aromatic heterocycles. The van der Waals surface area contributed by atoms with E-state index in [0.29, 0.717) is 26.8 Å². The van der Waals surface area contributed by atoms with Gasteiger partial charge in [0.15, 0.2) is 0 Å². The van der Waals surface area contributed by atoms with E-state index in [4.69, 9.17) is 0 Å². The number of rotatable bonds is 9. The van der Waals surface area contributed by atoms with Crippen molar-refractivity contribution in [2.24, 2.45) is 11.8 Å². The van der Waals surface area contributed by atoms with Crippen molar-refractivity contribution in [3.63, 3.8) is 0 Å².